The average Bonchev–Trinajstić information content (AvgIpc) is 2.35. The highest BCUT2D eigenvalue weighted by Crippen LogP contribution is 2.19. The zero-order valence-corrected chi connectivity index (χ0v) is 11.9. The SMILES string of the molecule is CNc1cc(NCC(C)(C)C(N)=O)nc(SC)n1. The zero-order valence-electron chi connectivity index (χ0n) is 11.1. The van der Waals surface area contributed by atoms with Crippen LogP contribution in [0.5, 0.6) is 0 Å². The van der Waals surface area contributed by atoms with Crippen LogP contribution in [0.3, 0.4) is 0 Å². The van der Waals surface area contributed by atoms with E-state index in [9.17, 15) is 4.79 Å². The zero-order chi connectivity index (χ0) is 13.8. The minimum atomic E-state index is -0.621. The quantitative estimate of drug-likeness (QED) is 0.530. The number of hydrogen-bond donors (Lipinski definition) is 3. The first-order chi connectivity index (χ1) is 8.39. The summed E-state index contributed by atoms with van der Waals surface area (Å²) in [5.41, 5.74) is 4.70. The largest absolute Gasteiger partial charge is 0.373 e. The van der Waals surface area contributed by atoms with Crippen molar-refractivity contribution in [2.75, 3.05) is 30.5 Å². The number of rotatable bonds is 6. The van der Waals surface area contributed by atoms with Crippen LogP contribution in [0.15, 0.2) is 11.2 Å². The molecule has 0 aromatic carbocycles. The van der Waals surface area contributed by atoms with Crippen molar-refractivity contribution in [2.24, 2.45) is 11.1 Å². The van der Waals surface area contributed by atoms with E-state index in [2.05, 4.69) is 20.6 Å². The van der Waals surface area contributed by atoms with E-state index < -0.39 is 5.41 Å². The number of nitrogens with two attached hydrogens (primary N) is 1. The molecule has 6 nitrogen and oxygen atoms in total. The van der Waals surface area contributed by atoms with Crippen LogP contribution in [0.25, 0.3) is 0 Å². The molecule has 1 amide bonds. The van der Waals surface area contributed by atoms with Gasteiger partial charge in [0.1, 0.15) is 11.6 Å². The number of aromatic nitrogens is 2. The van der Waals surface area contributed by atoms with Gasteiger partial charge in [-0.1, -0.05) is 11.8 Å². The Hall–Kier alpha value is -1.50. The number of nitrogens with zero attached hydrogens (tertiary/aromatic N) is 2. The first kappa shape index (κ1) is 14.6. The van der Waals surface area contributed by atoms with E-state index in [-0.39, 0.29) is 5.91 Å². The molecule has 0 radical (unpaired) electrons. The van der Waals surface area contributed by atoms with Gasteiger partial charge in [-0.25, -0.2) is 9.97 Å². The third kappa shape index (κ3) is 3.76. The Morgan fingerprint density at radius 2 is 2.06 bits per heavy atom. The Morgan fingerprint density at radius 1 is 1.44 bits per heavy atom. The van der Waals surface area contributed by atoms with Crippen LogP contribution in [0.2, 0.25) is 0 Å². The van der Waals surface area contributed by atoms with E-state index in [0.29, 0.717) is 17.5 Å². The highest BCUT2D eigenvalue weighted by atomic mass is 32.2. The first-order valence-corrected chi connectivity index (χ1v) is 6.76. The number of hydrogen-bond acceptors (Lipinski definition) is 6. The highest BCUT2D eigenvalue weighted by molar-refractivity contribution is 7.98. The summed E-state index contributed by atoms with van der Waals surface area (Å²) in [6.07, 6.45) is 1.91. The molecule has 0 bridgehead atoms. The summed E-state index contributed by atoms with van der Waals surface area (Å²) in [5, 5.41) is 6.74. The standard InChI is InChI=1S/C11H19N5OS/c1-11(2,9(12)17)6-14-8-5-7(13-3)15-10(16-8)18-4/h5H,6H2,1-4H3,(H2,12,17)(H2,13,14,15,16). The van der Waals surface area contributed by atoms with Crippen molar-refractivity contribution in [3.63, 3.8) is 0 Å². The fourth-order valence-electron chi connectivity index (χ4n) is 1.13. The smallest absolute Gasteiger partial charge is 0.224 e. The number of primary amides is 1. The summed E-state index contributed by atoms with van der Waals surface area (Å²) in [6.45, 7) is 4.01. The molecular formula is C11H19N5OS. The van der Waals surface area contributed by atoms with Gasteiger partial charge in [0.15, 0.2) is 5.16 Å². The Balaban J connectivity index is 2.81. The minimum absolute atomic E-state index is 0.344. The number of carbonyl (C=O) groups is 1. The third-order valence-corrected chi connectivity index (χ3v) is 3.07. The fraction of sp³-hybridized carbons (Fsp3) is 0.545. The molecule has 0 saturated carbocycles. The van der Waals surface area contributed by atoms with Crippen LogP contribution in [0, 0.1) is 5.41 Å². The van der Waals surface area contributed by atoms with Crippen molar-refractivity contribution in [2.45, 2.75) is 19.0 Å². The van der Waals surface area contributed by atoms with Gasteiger partial charge < -0.3 is 16.4 Å². The summed E-state index contributed by atoms with van der Waals surface area (Å²) >= 11 is 1.46. The number of amides is 1. The van der Waals surface area contributed by atoms with Crippen LogP contribution in [-0.4, -0.2) is 35.7 Å². The number of carbonyl (C=O) groups excluding carboxylic acids is 1. The number of nitrogens with one attached hydrogen (secondary N) is 2. The second kappa shape index (κ2) is 5.90. The fourth-order valence-corrected chi connectivity index (χ4v) is 1.51. The molecule has 0 spiro atoms. The van der Waals surface area contributed by atoms with Gasteiger partial charge >= 0.3 is 0 Å². The van der Waals surface area contributed by atoms with Crippen molar-refractivity contribution in [3.05, 3.63) is 6.07 Å². The normalized spacial score (nSPS) is 11.1. The van der Waals surface area contributed by atoms with Gasteiger partial charge in [-0.15, -0.1) is 0 Å². The molecule has 0 aliphatic heterocycles. The van der Waals surface area contributed by atoms with Crippen LogP contribution < -0.4 is 16.4 Å². The van der Waals surface area contributed by atoms with Gasteiger partial charge in [-0.05, 0) is 20.1 Å². The van der Waals surface area contributed by atoms with Gasteiger partial charge in [0.25, 0.3) is 0 Å². The summed E-state index contributed by atoms with van der Waals surface area (Å²) in [4.78, 5) is 19.8. The molecule has 0 aliphatic carbocycles. The predicted molar refractivity (Wildman–Crippen MR) is 74.8 cm³/mol. The third-order valence-electron chi connectivity index (χ3n) is 2.52. The molecule has 0 aliphatic rings. The lowest BCUT2D eigenvalue weighted by Gasteiger charge is -2.21. The Labute approximate surface area is 111 Å². The van der Waals surface area contributed by atoms with Crippen LogP contribution in [-0.2, 0) is 4.79 Å². The highest BCUT2D eigenvalue weighted by Gasteiger charge is 2.24. The predicted octanol–water partition coefficient (Wildman–Crippen LogP) is 1.16. The average molecular weight is 269 g/mol. The Bertz CT molecular complexity index is 413. The molecule has 0 fully saturated rings. The van der Waals surface area contributed by atoms with Crippen molar-refractivity contribution in [1.82, 2.24) is 9.97 Å². The van der Waals surface area contributed by atoms with Gasteiger partial charge in [0, 0.05) is 19.7 Å². The molecule has 1 rings (SSSR count). The first-order valence-electron chi connectivity index (χ1n) is 5.53. The molecule has 1 aromatic heterocycles. The summed E-state index contributed by atoms with van der Waals surface area (Å²) < 4.78 is 0. The Kier molecular flexibility index (Phi) is 4.77. The molecule has 18 heavy (non-hydrogen) atoms. The van der Waals surface area contributed by atoms with E-state index >= 15 is 0 Å². The Morgan fingerprint density at radius 3 is 2.56 bits per heavy atom. The lowest BCUT2D eigenvalue weighted by molar-refractivity contribution is -0.125. The van der Waals surface area contributed by atoms with E-state index in [1.165, 1.54) is 11.8 Å². The maximum Gasteiger partial charge on any atom is 0.224 e. The van der Waals surface area contributed by atoms with Gasteiger partial charge in [-0.2, -0.15) is 0 Å². The molecule has 100 valence electrons. The van der Waals surface area contributed by atoms with Crippen molar-refractivity contribution >= 4 is 29.3 Å². The molecule has 1 heterocycles. The second-order valence-electron chi connectivity index (χ2n) is 4.48. The summed E-state index contributed by atoms with van der Waals surface area (Å²) in [5.74, 6) is 1.06. The van der Waals surface area contributed by atoms with E-state index in [4.69, 9.17) is 5.73 Å². The minimum Gasteiger partial charge on any atom is -0.373 e. The van der Waals surface area contributed by atoms with Gasteiger partial charge in [0.2, 0.25) is 5.91 Å². The summed E-state index contributed by atoms with van der Waals surface area (Å²) in [6, 6.07) is 1.79. The molecular weight excluding hydrogens is 250 g/mol. The number of anilines is 2. The topological polar surface area (TPSA) is 92.9 Å². The molecule has 1 aromatic rings. The molecule has 0 saturated heterocycles. The summed E-state index contributed by atoms with van der Waals surface area (Å²) in [7, 11) is 1.80. The van der Waals surface area contributed by atoms with Crippen LogP contribution >= 0.6 is 11.8 Å². The van der Waals surface area contributed by atoms with E-state index in [0.717, 1.165) is 5.82 Å². The number of thioether (sulfide) groups is 1. The molecule has 0 unspecified atom stereocenters. The van der Waals surface area contributed by atoms with Crippen LogP contribution in [0.4, 0.5) is 11.6 Å². The van der Waals surface area contributed by atoms with Gasteiger partial charge in [-0.3, -0.25) is 4.79 Å². The maximum absolute atomic E-state index is 11.2. The van der Waals surface area contributed by atoms with E-state index in [1.807, 2.05) is 6.26 Å². The van der Waals surface area contributed by atoms with Crippen molar-refractivity contribution in [3.8, 4) is 0 Å². The molecule has 0 atom stereocenters. The maximum atomic E-state index is 11.2. The van der Waals surface area contributed by atoms with Gasteiger partial charge in [0.05, 0.1) is 5.41 Å². The lowest BCUT2D eigenvalue weighted by Crippen LogP contribution is -2.37. The molecule has 7 heteroatoms. The van der Waals surface area contributed by atoms with Crippen molar-refractivity contribution < 1.29 is 4.79 Å². The van der Waals surface area contributed by atoms with Crippen molar-refractivity contribution in [1.29, 1.82) is 0 Å². The molecule has 4 N–H and O–H groups in total. The monoisotopic (exact) mass is 269 g/mol. The second-order valence-corrected chi connectivity index (χ2v) is 5.25. The van der Waals surface area contributed by atoms with E-state index in [1.54, 1.807) is 27.0 Å². The van der Waals surface area contributed by atoms with Crippen LogP contribution in [0.1, 0.15) is 13.8 Å². The lowest BCUT2D eigenvalue weighted by atomic mass is 9.93.